The van der Waals surface area contributed by atoms with E-state index >= 15 is 0 Å². The number of pyridine rings is 1. The lowest BCUT2D eigenvalue weighted by atomic mass is 10.1. The van der Waals surface area contributed by atoms with E-state index in [0.717, 1.165) is 11.4 Å². The van der Waals surface area contributed by atoms with E-state index in [-0.39, 0.29) is 11.7 Å². The van der Waals surface area contributed by atoms with Crippen LogP contribution in [0.2, 0.25) is 0 Å². The highest BCUT2D eigenvalue weighted by Crippen LogP contribution is 2.23. The summed E-state index contributed by atoms with van der Waals surface area (Å²) in [6.45, 7) is 4.26. The van der Waals surface area contributed by atoms with Crippen LogP contribution in [-0.4, -0.2) is 61.7 Å². The van der Waals surface area contributed by atoms with Gasteiger partial charge in [0.1, 0.15) is 34.8 Å². The molecule has 0 spiro atoms. The van der Waals surface area contributed by atoms with Gasteiger partial charge < -0.3 is 15.1 Å². The van der Waals surface area contributed by atoms with E-state index in [1.165, 1.54) is 12.1 Å². The second kappa shape index (κ2) is 9.49. The second-order valence-electron chi connectivity index (χ2n) is 8.32. The molecule has 0 radical (unpaired) electrons. The highest BCUT2D eigenvalue weighted by Gasteiger charge is 2.26. The SMILES string of the molecule is Cc1nc(Nc2ccccn2)cc(N2CCN(C(=O)c3cc(-c4ccc(F)cc4)nn3C)CC2)n1. The summed E-state index contributed by atoms with van der Waals surface area (Å²) < 4.78 is 14.8. The summed E-state index contributed by atoms with van der Waals surface area (Å²) in [6.07, 6.45) is 1.72. The molecule has 0 atom stereocenters. The van der Waals surface area contributed by atoms with Crippen LogP contribution >= 0.6 is 0 Å². The van der Waals surface area contributed by atoms with Gasteiger partial charge in [-0.1, -0.05) is 6.07 Å². The number of hydrogen-bond donors (Lipinski definition) is 1. The summed E-state index contributed by atoms with van der Waals surface area (Å²) >= 11 is 0. The Morgan fingerprint density at radius 2 is 1.74 bits per heavy atom. The Kier molecular flexibility index (Phi) is 6.09. The van der Waals surface area contributed by atoms with E-state index in [0.29, 0.717) is 55.0 Å². The van der Waals surface area contributed by atoms with E-state index in [1.54, 1.807) is 36.1 Å². The molecule has 10 heteroatoms. The Bertz CT molecular complexity index is 1330. The summed E-state index contributed by atoms with van der Waals surface area (Å²) in [4.78, 5) is 30.5. The van der Waals surface area contributed by atoms with Gasteiger partial charge in [0.05, 0.1) is 5.69 Å². The average molecular weight is 473 g/mol. The number of anilines is 3. The lowest BCUT2D eigenvalue weighted by Crippen LogP contribution is -2.49. The number of carbonyl (C=O) groups excluding carboxylic acids is 1. The van der Waals surface area contributed by atoms with Gasteiger partial charge in [0.2, 0.25) is 0 Å². The average Bonchev–Trinajstić information content (AvgIpc) is 3.26. The van der Waals surface area contributed by atoms with Crippen LogP contribution in [0, 0.1) is 12.7 Å². The first-order valence-electron chi connectivity index (χ1n) is 11.3. The second-order valence-corrected chi connectivity index (χ2v) is 8.32. The van der Waals surface area contributed by atoms with E-state index in [4.69, 9.17) is 0 Å². The summed E-state index contributed by atoms with van der Waals surface area (Å²) in [5, 5.41) is 7.66. The number of amides is 1. The molecule has 1 aliphatic heterocycles. The van der Waals surface area contributed by atoms with Crippen LogP contribution in [-0.2, 0) is 7.05 Å². The van der Waals surface area contributed by atoms with Crippen LogP contribution in [0.5, 0.6) is 0 Å². The number of nitrogens with one attached hydrogen (secondary N) is 1. The topological polar surface area (TPSA) is 92.1 Å². The molecular weight excluding hydrogens is 447 g/mol. The minimum atomic E-state index is -0.308. The molecule has 0 unspecified atom stereocenters. The molecule has 0 saturated carbocycles. The fraction of sp³-hybridized carbons (Fsp3) is 0.240. The standard InChI is InChI=1S/C25H25FN8O/c1-17-28-23(30-22-5-3-4-10-27-22)16-24(29-17)33-11-13-34(14-12-33)25(35)21-15-20(31-32(21)2)18-6-8-19(26)9-7-18/h3-10,15-16H,11-14H2,1-2H3,(H,27,28,29,30). The van der Waals surface area contributed by atoms with Crippen molar-refractivity contribution in [3.05, 3.63) is 78.1 Å². The monoisotopic (exact) mass is 472 g/mol. The number of carbonyl (C=O) groups is 1. The molecule has 1 amide bonds. The zero-order chi connectivity index (χ0) is 24.4. The summed E-state index contributed by atoms with van der Waals surface area (Å²) in [5.41, 5.74) is 1.90. The van der Waals surface area contributed by atoms with Crippen molar-refractivity contribution in [2.75, 3.05) is 36.4 Å². The lowest BCUT2D eigenvalue weighted by molar-refractivity contribution is 0.0735. The number of piperazine rings is 1. The molecule has 3 aromatic heterocycles. The Balaban J connectivity index is 1.26. The fourth-order valence-electron chi connectivity index (χ4n) is 4.08. The van der Waals surface area contributed by atoms with E-state index in [9.17, 15) is 9.18 Å². The molecule has 35 heavy (non-hydrogen) atoms. The Morgan fingerprint density at radius 3 is 2.46 bits per heavy atom. The van der Waals surface area contributed by atoms with Gasteiger partial charge in [0.15, 0.2) is 0 Å². The Morgan fingerprint density at radius 1 is 0.971 bits per heavy atom. The zero-order valence-electron chi connectivity index (χ0n) is 19.5. The molecule has 1 aliphatic rings. The third kappa shape index (κ3) is 4.96. The van der Waals surface area contributed by atoms with Gasteiger partial charge in [0, 0.05) is 51.1 Å². The van der Waals surface area contributed by atoms with Gasteiger partial charge in [0.25, 0.3) is 5.91 Å². The third-order valence-electron chi connectivity index (χ3n) is 5.88. The molecule has 4 aromatic rings. The number of aromatic nitrogens is 5. The van der Waals surface area contributed by atoms with Crippen LogP contribution in [0.1, 0.15) is 16.3 Å². The highest BCUT2D eigenvalue weighted by molar-refractivity contribution is 5.94. The van der Waals surface area contributed by atoms with Crippen molar-refractivity contribution < 1.29 is 9.18 Å². The summed E-state index contributed by atoms with van der Waals surface area (Å²) in [7, 11) is 1.75. The molecule has 1 saturated heterocycles. The molecular formula is C25H25FN8O. The maximum Gasteiger partial charge on any atom is 0.272 e. The van der Waals surface area contributed by atoms with Gasteiger partial charge in [-0.3, -0.25) is 9.48 Å². The molecule has 4 heterocycles. The van der Waals surface area contributed by atoms with Crippen LogP contribution in [0.3, 0.4) is 0 Å². The number of nitrogens with zero attached hydrogens (tertiary/aromatic N) is 7. The first-order valence-corrected chi connectivity index (χ1v) is 11.3. The predicted octanol–water partition coefficient (Wildman–Crippen LogP) is 3.43. The first-order chi connectivity index (χ1) is 17.0. The van der Waals surface area contributed by atoms with Crippen LogP contribution < -0.4 is 10.2 Å². The van der Waals surface area contributed by atoms with Gasteiger partial charge >= 0.3 is 0 Å². The third-order valence-corrected chi connectivity index (χ3v) is 5.88. The normalized spacial score (nSPS) is 13.7. The molecule has 178 valence electrons. The van der Waals surface area contributed by atoms with Crippen molar-refractivity contribution in [1.82, 2.24) is 29.6 Å². The molecule has 1 aromatic carbocycles. The number of halogens is 1. The Labute approximate surface area is 202 Å². The van der Waals surface area contributed by atoms with Gasteiger partial charge in [-0.15, -0.1) is 0 Å². The summed E-state index contributed by atoms with van der Waals surface area (Å²) in [6, 6.07) is 15.4. The molecule has 9 nitrogen and oxygen atoms in total. The van der Waals surface area contributed by atoms with E-state index < -0.39 is 0 Å². The first kappa shape index (κ1) is 22.5. The van der Waals surface area contributed by atoms with Crippen molar-refractivity contribution in [3.63, 3.8) is 0 Å². The maximum absolute atomic E-state index is 13.3. The Hall–Kier alpha value is -4.34. The van der Waals surface area contributed by atoms with Gasteiger partial charge in [-0.25, -0.2) is 19.3 Å². The molecule has 5 rings (SSSR count). The molecule has 1 N–H and O–H groups in total. The summed E-state index contributed by atoms with van der Waals surface area (Å²) in [5.74, 6) is 2.46. The fourth-order valence-corrected chi connectivity index (χ4v) is 4.08. The highest BCUT2D eigenvalue weighted by atomic mass is 19.1. The smallest absolute Gasteiger partial charge is 0.272 e. The number of aryl methyl sites for hydroxylation is 2. The van der Waals surface area contributed by atoms with Crippen molar-refractivity contribution in [2.45, 2.75) is 6.92 Å². The van der Waals surface area contributed by atoms with Crippen LogP contribution in [0.4, 0.5) is 21.8 Å². The van der Waals surface area contributed by atoms with Crippen molar-refractivity contribution in [3.8, 4) is 11.3 Å². The minimum absolute atomic E-state index is 0.0793. The zero-order valence-corrected chi connectivity index (χ0v) is 19.5. The predicted molar refractivity (Wildman–Crippen MR) is 131 cm³/mol. The molecule has 1 fully saturated rings. The number of rotatable bonds is 5. The molecule has 0 aliphatic carbocycles. The number of hydrogen-bond acceptors (Lipinski definition) is 7. The van der Waals surface area contributed by atoms with Gasteiger partial charge in [-0.2, -0.15) is 5.10 Å². The van der Waals surface area contributed by atoms with Gasteiger partial charge in [-0.05, 0) is 49.4 Å². The lowest BCUT2D eigenvalue weighted by Gasteiger charge is -2.35. The van der Waals surface area contributed by atoms with Crippen LogP contribution in [0.15, 0.2) is 60.8 Å². The maximum atomic E-state index is 13.3. The largest absolute Gasteiger partial charge is 0.353 e. The number of benzene rings is 1. The van der Waals surface area contributed by atoms with Crippen molar-refractivity contribution in [1.29, 1.82) is 0 Å². The van der Waals surface area contributed by atoms with Crippen molar-refractivity contribution >= 4 is 23.4 Å². The van der Waals surface area contributed by atoms with E-state index in [2.05, 4.69) is 30.3 Å². The van der Waals surface area contributed by atoms with E-state index in [1.807, 2.05) is 36.1 Å². The van der Waals surface area contributed by atoms with Crippen molar-refractivity contribution in [2.24, 2.45) is 7.05 Å². The van der Waals surface area contributed by atoms with Crippen LogP contribution in [0.25, 0.3) is 11.3 Å². The quantitative estimate of drug-likeness (QED) is 0.476. The molecule has 0 bridgehead atoms. The minimum Gasteiger partial charge on any atom is -0.353 e.